The highest BCUT2D eigenvalue weighted by Gasteiger charge is 2.18. The monoisotopic (exact) mass is 218 g/mol. The molecule has 0 aromatic heterocycles. The van der Waals surface area contributed by atoms with Gasteiger partial charge in [-0.3, -0.25) is 4.79 Å². The van der Waals surface area contributed by atoms with Crippen LogP contribution in [0.4, 0.5) is 0 Å². The van der Waals surface area contributed by atoms with Gasteiger partial charge in [0, 0.05) is 13.7 Å². The second-order valence-corrected chi connectivity index (χ2v) is 3.26. The molecule has 0 aliphatic carbocycles. The van der Waals surface area contributed by atoms with Crippen LogP contribution in [0.1, 0.15) is 11.5 Å². The van der Waals surface area contributed by atoms with E-state index in [9.17, 15) is 4.79 Å². The Hall–Kier alpha value is -1.86. The molecule has 4 heteroatoms. The van der Waals surface area contributed by atoms with Gasteiger partial charge in [-0.1, -0.05) is 30.3 Å². The summed E-state index contributed by atoms with van der Waals surface area (Å²) < 4.78 is 4.81. The van der Waals surface area contributed by atoms with Crippen LogP contribution in [0.2, 0.25) is 0 Å². The largest absolute Gasteiger partial charge is 0.383 e. The molecule has 0 unspecified atom stereocenters. The minimum Gasteiger partial charge on any atom is -0.383 e. The average Bonchev–Trinajstić information content (AvgIpc) is 2.32. The van der Waals surface area contributed by atoms with Gasteiger partial charge in [-0.25, -0.2) is 0 Å². The highest BCUT2D eigenvalue weighted by atomic mass is 16.5. The summed E-state index contributed by atoms with van der Waals surface area (Å²) in [7, 11) is 1.56. The number of hydrogen-bond acceptors (Lipinski definition) is 3. The summed E-state index contributed by atoms with van der Waals surface area (Å²) in [6.07, 6.45) is 0. The Morgan fingerprint density at radius 3 is 2.75 bits per heavy atom. The maximum Gasteiger partial charge on any atom is 0.241 e. The number of methoxy groups -OCH3 is 1. The second kappa shape index (κ2) is 6.59. The van der Waals surface area contributed by atoms with Crippen molar-refractivity contribution in [2.24, 2.45) is 0 Å². The molecule has 84 valence electrons. The van der Waals surface area contributed by atoms with Gasteiger partial charge in [0.25, 0.3) is 0 Å². The first kappa shape index (κ1) is 12.2. The summed E-state index contributed by atoms with van der Waals surface area (Å²) in [6.45, 7) is 0.860. The molecule has 1 atom stereocenters. The Labute approximate surface area is 94.8 Å². The van der Waals surface area contributed by atoms with E-state index in [-0.39, 0.29) is 5.91 Å². The molecule has 1 amide bonds. The maximum absolute atomic E-state index is 11.7. The second-order valence-electron chi connectivity index (χ2n) is 3.26. The summed E-state index contributed by atoms with van der Waals surface area (Å²) in [5.41, 5.74) is 0.708. The SMILES string of the molecule is COCCNC(=O)[C@H](C#N)c1ccccc1. The van der Waals surface area contributed by atoms with E-state index in [2.05, 4.69) is 5.32 Å². The van der Waals surface area contributed by atoms with E-state index < -0.39 is 5.92 Å². The van der Waals surface area contributed by atoms with Crippen LogP contribution in [0, 0.1) is 11.3 Å². The van der Waals surface area contributed by atoms with Crippen molar-refractivity contribution in [3.63, 3.8) is 0 Å². The molecule has 1 N–H and O–H groups in total. The summed E-state index contributed by atoms with van der Waals surface area (Å²) in [5, 5.41) is 11.6. The summed E-state index contributed by atoms with van der Waals surface area (Å²) in [5.74, 6) is -1.04. The lowest BCUT2D eigenvalue weighted by Gasteiger charge is -2.09. The molecule has 0 aliphatic heterocycles. The first-order valence-electron chi connectivity index (χ1n) is 5.00. The van der Waals surface area contributed by atoms with Gasteiger partial charge in [0.2, 0.25) is 5.91 Å². The molecule has 16 heavy (non-hydrogen) atoms. The zero-order valence-corrected chi connectivity index (χ0v) is 9.14. The van der Waals surface area contributed by atoms with Crippen LogP contribution in [-0.2, 0) is 9.53 Å². The molecule has 0 heterocycles. The molecule has 0 saturated carbocycles. The third kappa shape index (κ3) is 3.37. The zero-order chi connectivity index (χ0) is 11.8. The summed E-state index contributed by atoms with van der Waals surface area (Å²) >= 11 is 0. The molecule has 0 bridgehead atoms. The van der Waals surface area contributed by atoms with Crippen LogP contribution in [0.5, 0.6) is 0 Å². The third-order valence-corrected chi connectivity index (χ3v) is 2.13. The molecule has 4 nitrogen and oxygen atoms in total. The molecule has 0 spiro atoms. The van der Waals surface area contributed by atoms with Crippen molar-refractivity contribution in [2.75, 3.05) is 20.3 Å². The number of carbonyl (C=O) groups excluding carboxylic acids is 1. The Kier molecular flexibility index (Phi) is 5.03. The van der Waals surface area contributed by atoms with Crippen LogP contribution in [0.25, 0.3) is 0 Å². The molecule has 0 radical (unpaired) electrons. The summed E-state index contributed by atoms with van der Waals surface area (Å²) in [6, 6.07) is 11.0. The number of nitrogens with one attached hydrogen (secondary N) is 1. The van der Waals surface area contributed by atoms with Gasteiger partial charge < -0.3 is 10.1 Å². The molecule has 0 fully saturated rings. The maximum atomic E-state index is 11.7. The standard InChI is InChI=1S/C12H14N2O2/c1-16-8-7-14-12(15)11(9-13)10-5-3-2-4-6-10/h2-6,11H,7-8H2,1H3,(H,14,15)/t11-/m1/s1. The molecule has 0 saturated heterocycles. The Bertz CT molecular complexity index is 370. The van der Waals surface area contributed by atoms with Crippen molar-refractivity contribution in [3.05, 3.63) is 35.9 Å². The third-order valence-electron chi connectivity index (χ3n) is 2.13. The number of rotatable bonds is 5. The molecule has 1 rings (SSSR count). The lowest BCUT2D eigenvalue weighted by atomic mass is 10.00. The van der Waals surface area contributed by atoms with E-state index in [0.29, 0.717) is 18.7 Å². The van der Waals surface area contributed by atoms with Gasteiger partial charge >= 0.3 is 0 Å². The molecular weight excluding hydrogens is 204 g/mol. The number of ether oxygens (including phenoxy) is 1. The highest BCUT2D eigenvalue weighted by Crippen LogP contribution is 2.14. The predicted octanol–water partition coefficient (Wildman–Crippen LogP) is 1.06. The predicted molar refractivity (Wildman–Crippen MR) is 59.7 cm³/mol. The quantitative estimate of drug-likeness (QED) is 0.751. The fraction of sp³-hybridized carbons (Fsp3) is 0.333. The number of carbonyl (C=O) groups is 1. The lowest BCUT2D eigenvalue weighted by molar-refractivity contribution is -0.121. The fourth-order valence-corrected chi connectivity index (χ4v) is 1.31. The van der Waals surface area contributed by atoms with Gasteiger partial charge in [-0.2, -0.15) is 5.26 Å². The summed E-state index contributed by atoms with van der Waals surface area (Å²) in [4.78, 5) is 11.7. The van der Waals surface area contributed by atoms with Gasteiger partial charge in [0.1, 0.15) is 5.92 Å². The van der Waals surface area contributed by atoms with Gasteiger partial charge in [-0.05, 0) is 5.56 Å². The van der Waals surface area contributed by atoms with Crippen LogP contribution >= 0.6 is 0 Å². The van der Waals surface area contributed by atoms with Crippen LogP contribution < -0.4 is 5.32 Å². The van der Waals surface area contributed by atoms with Crippen LogP contribution in [-0.4, -0.2) is 26.2 Å². The smallest absolute Gasteiger partial charge is 0.241 e. The zero-order valence-electron chi connectivity index (χ0n) is 9.14. The van der Waals surface area contributed by atoms with E-state index >= 15 is 0 Å². The average molecular weight is 218 g/mol. The Morgan fingerprint density at radius 2 is 2.19 bits per heavy atom. The molecule has 1 aromatic rings. The van der Waals surface area contributed by atoms with Crippen molar-refractivity contribution in [2.45, 2.75) is 5.92 Å². The van der Waals surface area contributed by atoms with Crippen molar-refractivity contribution in [1.82, 2.24) is 5.32 Å². The molecule has 1 aromatic carbocycles. The van der Waals surface area contributed by atoms with E-state index in [1.807, 2.05) is 24.3 Å². The number of nitrogens with zero attached hydrogens (tertiary/aromatic N) is 1. The highest BCUT2D eigenvalue weighted by molar-refractivity contribution is 5.86. The number of amides is 1. The first-order chi connectivity index (χ1) is 7.79. The van der Waals surface area contributed by atoms with Gasteiger partial charge in [-0.15, -0.1) is 0 Å². The Morgan fingerprint density at radius 1 is 1.50 bits per heavy atom. The van der Waals surface area contributed by atoms with E-state index in [4.69, 9.17) is 10.00 Å². The molecule has 0 aliphatic rings. The minimum atomic E-state index is -0.752. The van der Waals surface area contributed by atoms with Crippen molar-refractivity contribution in [3.8, 4) is 6.07 Å². The van der Waals surface area contributed by atoms with E-state index in [0.717, 1.165) is 0 Å². The fourth-order valence-electron chi connectivity index (χ4n) is 1.31. The van der Waals surface area contributed by atoms with E-state index in [1.54, 1.807) is 19.2 Å². The first-order valence-corrected chi connectivity index (χ1v) is 5.00. The lowest BCUT2D eigenvalue weighted by Crippen LogP contribution is -2.31. The van der Waals surface area contributed by atoms with Crippen molar-refractivity contribution < 1.29 is 9.53 Å². The topological polar surface area (TPSA) is 62.1 Å². The number of nitriles is 1. The minimum absolute atomic E-state index is 0.286. The van der Waals surface area contributed by atoms with Gasteiger partial charge in [0.05, 0.1) is 12.7 Å². The molecular formula is C12H14N2O2. The van der Waals surface area contributed by atoms with Crippen molar-refractivity contribution in [1.29, 1.82) is 5.26 Å². The normalized spacial score (nSPS) is 11.5. The van der Waals surface area contributed by atoms with E-state index in [1.165, 1.54) is 0 Å². The number of benzene rings is 1. The van der Waals surface area contributed by atoms with Crippen LogP contribution in [0.3, 0.4) is 0 Å². The Balaban J connectivity index is 2.62. The van der Waals surface area contributed by atoms with Crippen LogP contribution in [0.15, 0.2) is 30.3 Å². The number of hydrogen-bond donors (Lipinski definition) is 1. The van der Waals surface area contributed by atoms with Gasteiger partial charge in [0.15, 0.2) is 0 Å². The van der Waals surface area contributed by atoms with Crippen molar-refractivity contribution >= 4 is 5.91 Å².